The number of rotatable bonds is 5. The fourth-order valence-corrected chi connectivity index (χ4v) is 2.19. The number of hydrogen-bond acceptors (Lipinski definition) is 4. The summed E-state index contributed by atoms with van der Waals surface area (Å²) < 4.78 is 3.19. The Kier molecular flexibility index (Phi) is 6.69. The lowest BCUT2D eigenvalue weighted by atomic mass is 10.2. The summed E-state index contributed by atoms with van der Waals surface area (Å²) in [5, 5.41) is 11.8. The fourth-order valence-electron chi connectivity index (χ4n) is 1.28. The summed E-state index contributed by atoms with van der Waals surface area (Å²) in [4.78, 5) is 13.7. The van der Waals surface area contributed by atoms with E-state index in [1.165, 1.54) is 16.2 Å². The number of ether oxygens (including phenoxy) is 1. The summed E-state index contributed by atoms with van der Waals surface area (Å²) in [7, 11) is 1.56. The molecule has 0 aliphatic heterocycles. The highest BCUT2D eigenvalue weighted by Gasteiger charge is 2.23. The number of hydrogen-bond donors (Lipinski definition) is 1. The van der Waals surface area contributed by atoms with Gasteiger partial charge in [0.2, 0.25) is 3.79 Å². The van der Waals surface area contributed by atoms with Crippen molar-refractivity contribution in [3.63, 3.8) is 0 Å². The zero-order valence-electron chi connectivity index (χ0n) is 10.2. The first-order chi connectivity index (χ1) is 8.79. The Morgan fingerprint density at radius 3 is 2.79 bits per heavy atom. The minimum Gasteiger partial charge on any atom is -0.445 e. The van der Waals surface area contributed by atoms with E-state index in [-0.39, 0.29) is 6.61 Å². The van der Waals surface area contributed by atoms with E-state index in [9.17, 15) is 9.90 Å². The fraction of sp³-hybridized carbons (Fsp3) is 0.545. The first-order valence-electron chi connectivity index (χ1n) is 5.45. The summed E-state index contributed by atoms with van der Waals surface area (Å²) in [6.07, 6.45) is -0.770. The van der Waals surface area contributed by atoms with Crippen molar-refractivity contribution < 1.29 is 14.6 Å². The quantitative estimate of drug-likeness (QED) is 0.829. The molecule has 1 atom stereocenters. The number of thiophene rings is 1. The predicted octanol–water partition coefficient (Wildman–Crippen LogP) is 3.61. The van der Waals surface area contributed by atoms with Gasteiger partial charge in [0, 0.05) is 18.5 Å². The largest absolute Gasteiger partial charge is 0.445 e. The predicted molar refractivity (Wildman–Crippen MR) is 78.2 cm³/mol. The van der Waals surface area contributed by atoms with Crippen molar-refractivity contribution >= 4 is 52.2 Å². The van der Waals surface area contributed by atoms with Gasteiger partial charge in [-0.05, 0) is 17.9 Å². The topological polar surface area (TPSA) is 49.8 Å². The van der Waals surface area contributed by atoms with Gasteiger partial charge in [0.15, 0.2) is 0 Å². The van der Waals surface area contributed by atoms with Gasteiger partial charge in [-0.1, -0.05) is 40.9 Å². The Balaban J connectivity index is 2.30. The molecule has 0 aliphatic rings. The van der Waals surface area contributed by atoms with Gasteiger partial charge in [-0.15, -0.1) is 11.3 Å². The third-order valence-electron chi connectivity index (χ3n) is 2.28. The molecule has 0 fully saturated rings. The average Bonchev–Trinajstić information content (AvgIpc) is 2.85. The van der Waals surface area contributed by atoms with E-state index in [2.05, 4.69) is 0 Å². The van der Waals surface area contributed by atoms with Crippen LogP contribution in [0.3, 0.4) is 0 Å². The van der Waals surface area contributed by atoms with E-state index in [1.54, 1.807) is 7.05 Å². The molecule has 1 rings (SSSR count). The number of aliphatic hydroxyl groups is 1. The Morgan fingerprint density at radius 1 is 1.58 bits per heavy atom. The van der Waals surface area contributed by atoms with Crippen LogP contribution in [0.1, 0.15) is 17.4 Å². The third kappa shape index (κ3) is 6.68. The number of aliphatic hydroxyl groups excluding tert-OH is 1. The number of carbonyl (C=O) groups is 1. The molecular weight excluding hydrogens is 333 g/mol. The second-order valence-electron chi connectivity index (χ2n) is 3.91. The molecule has 19 heavy (non-hydrogen) atoms. The van der Waals surface area contributed by atoms with Crippen molar-refractivity contribution in [1.29, 1.82) is 0 Å². The van der Waals surface area contributed by atoms with Gasteiger partial charge in [0.1, 0.15) is 6.61 Å². The van der Waals surface area contributed by atoms with Gasteiger partial charge < -0.3 is 14.7 Å². The van der Waals surface area contributed by atoms with Gasteiger partial charge in [-0.3, -0.25) is 0 Å². The van der Waals surface area contributed by atoms with Crippen molar-refractivity contribution in [1.82, 2.24) is 4.90 Å². The van der Waals surface area contributed by atoms with Crippen molar-refractivity contribution in [2.24, 2.45) is 0 Å². The first kappa shape index (κ1) is 16.9. The Hall–Kier alpha value is -0.200. The van der Waals surface area contributed by atoms with Crippen molar-refractivity contribution in [3.05, 3.63) is 22.4 Å². The maximum absolute atomic E-state index is 11.5. The molecule has 8 heteroatoms. The Morgan fingerprint density at radius 2 is 2.26 bits per heavy atom. The normalized spacial score (nSPS) is 13.1. The lowest BCUT2D eigenvalue weighted by Gasteiger charge is -2.20. The summed E-state index contributed by atoms with van der Waals surface area (Å²) in [6, 6.07) is 3.71. The zero-order chi connectivity index (χ0) is 14.5. The Labute approximate surface area is 130 Å². The molecule has 0 spiro atoms. The number of nitrogens with zero attached hydrogens (tertiary/aromatic N) is 1. The maximum Gasteiger partial charge on any atom is 0.409 e. The molecular formula is C11H14Cl3NO3S. The van der Waals surface area contributed by atoms with Gasteiger partial charge in [0.05, 0.1) is 6.10 Å². The van der Waals surface area contributed by atoms with E-state index in [0.717, 1.165) is 4.88 Å². The molecule has 0 unspecified atom stereocenters. The van der Waals surface area contributed by atoms with E-state index in [1.807, 2.05) is 17.5 Å². The van der Waals surface area contributed by atoms with Crippen LogP contribution in [0.4, 0.5) is 4.79 Å². The summed E-state index contributed by atoms with van der Waals surface area (Å²) in [5.41, 5.74) is 0. The highest BCUT2D eigenvalue weighted by molar-refractivity contribution is 7.10. The van der Waals surface area contributed by atoms with Gasteiger partial charge >= 0.3 is 6.09 Å². The number of amides is 1. The molecule has 1 aromatic rings. The lowest BCUT2D eigenvalue weighted by molar-refractivity contribution is 0.102. The molecule has 0 radical (unpaired) electrons. The molecule has 4 nitrogen and oxygen atoms in total. The molecule has 1 aromatic heterocycles. The van der Waals surface area contributed by atoms with Crippen LogP contribution >= 0.6 is 46.1 Å². The monoisotopic (exact) mass is 345 g/mol. The van der Waals surface area contributed by atoms with E-state index < -0.39 is 16.0 Å². The maximum atomic E-state index is 11.5. The lowest BCUT2D eigenvalue weighted by Crippen LogP contribution is -2.31. The summed E-state index contributed by atoms with van der Waals surface area (Å²) in [5.74, 6) is 0. The Bertz CT molecular complexity index is 394. The van der Waals surface area contributed by atoms with Gasteiger partial charge in [0.25, 0.3) is 0 Å². The van der Waals surface area contributed by atoms with E-state index in [4.69, 9.17) is 39.5 Å². The number of alkyl halides is 3. The van der Waals surface area contributed by atoms with Crippen LogP contribution in [0.15, 0.2) is 17.5 Å². The van der Waals surface area contributed by atoms with Crippen LogP contribution in [-0.2, 0) is 4.74 Å². The van der Waals surface area contributed by atoms with Crippen molar-refractivity contribution in [2.45, 2.75) is 16.3 Å². The summed E-state index contributed by atoms with van der Waals surface area (Å²) in [6.45, 7) is 0.0338. The smallest absolute Gasteiger partial charge is 0.409 e. The van der Waals surface area contributed by atoms with Crippen LogP contribution in [0.5, 0.6) is 0 Å². The van der Waals surface area contributed by atoms with Crippen LogP contribution in [0.25, 0.3) is 0 Å². The average molecular weight is 347 g/mol. The van der Waals surface area contributed by atoms with Gasteiger partial charge in [-0.2, -0.15) is 0 Å². The second-order valence-corrected chi connectivity index (χ2v) is 7.41. The van der Waals surface area contributed by atoms with Crippen molar-refractivity contribution in [2.75, 3.05) is 20.2 Å². The molecule has 0 aliphatic carbocycles. The molecule has 1 heterocycles. The van der Waals surface area contributed by atoms with Crippen LogP contribution in [0.2, 0.25) is 0 Å². The standard InChI is InChI=1S/C11H14Cl3NO3S/c1-15(10(17)18-7-11(12,13)14)5-4-8(16)9-3-2-6-19-9/h2-3,6,8,16H,4-5,7H2,1H3/t8-/m0/s1. The highest BCUT2D eigenvalue weighted by atomic mass is 35.6. The number of halogens is 3. The summed E-state index contributed by atoms with van der Waals surface area (Å²) >= 11 is 17.9. The molecule has 0 bridgehead atoms. The number of carbonyl (C=O) groups excluding carboxylic acids is 1. The SMILES string of the molecule is CN(CC[C@H](O)c1cccs1)C(=O)OCC(Cl)(Cl)Cl. The second kappa shape index (κ2) is 7.55. The molecule has 1 amide bonds. The molecule has 0 saturated heterocycles. The molecule has 0 saturated carbocycles. The minimum absolute atomic E-state index is 0.311. The van der Waals surface area contributed by atoms with Crippen molar-refractivity contribution in [3.8, 4) is 0 Å². The van der Waals surface area contributed by atoms with E-state index >= 15 is 0 Å². The van der Waals surface area contributed by atoms with Crippen LogP contribution < -0.4 is 0 Å². The van der Waals surface area contributed by atoms with Crippen LogP contribution in [-0.4, -0.2) is 40.1 Å². The van der Waals surface area contributed by atoms with Crippen LogP contribution in [0, 0.1) is 0 Å². The van der Waals surface area contributed by atoms with E-state index in [0.29, 0.717) is 13.0 Å². The molecule has 108 valence electrons. The zero-order valence-corrected chi connectivity index (χ0v) is 13.3. The molecule has 0 aromatic carbocycles. The van der Waals surface area contributed by atoms with Gasteiger partial charge in [-0.25, -0.2) is 4.79 Å². The first-order valence-corrected chi connectivity index (χ1v) is 7.47. The third-order valence-corrected chi connectivity index (χ3v) is 3.58. The molecule has 1 N–H and O–H groups in total. The minimum atomic E-state index is -1.62. The highest BCUT2D eigenvalue weighted by Crippen LogP contribution is 2.26.